The third-order valence-electron chi connectivity index (χ3n) is 5.21. The predicted octanol–water partition coefficient (Wildman–Crippen LogP) is 2.52. The van der Waals surface area contributed by atoms with Gasteiger partial charge in [0.1, 0.15) is 0 Å². The first kappa shape index (κ1) is 13.6. The molecule has 3 heteroatoms. The third kappa shape index (κ3) is 2.35. The quantitative estimate of drug-likeness (QED) is 0.919. The van der Waals surface area contributed by atoms with Gasteiger partial charge in [-0.05, 0) is 37.2 Å². The molecule has 1 saturated carbocycles. The van der Waals surface area contributed by atoms with E-state index in [1.807, 2.05) is 0 Å². The smallest absolute Gasteiger partial charge is 0.230 e. The lowest BCUT2D eigenvalue weighted by molar-refractivity contribution is -0.147. The molecule has 0 unspecified atom stereocenters. The minimum Gasteiger partial charge on any atom is -0.342 e. The van der Waals surface area contributed by atoms with Crippen molar-refractivity contribution in [2.45, 2.75) is 38.0 Å². The van der Waals surface area contributed by atoms with Crippen molar-refractivity contribution in [1.29, 1.82) is 0 Å². The van der Waals surface area contributed by atoms with Crippen LogP contribution in [0.25, 0.3) is 0 Å². The second-order valence-electron chi connectivity index (χ2n) is 6.32. The van der Waals surface area contributed by atoms with Crippen LogP contribution in [-0.2, 0) is 4.79 Å². The van der Waals surface area contributed by atoms with E-state index in [2.05, 4.69) is 35.2 Å². The highest BCUT2D eigenvalue weighted by molar-refractivity contribution is 5.84. The van der Waals surface area contributed by atoms with Gasteiger partial charge in [-0.1, -0.05) is 36.8 Å². The molecule has 2 N–H and O–H groups in total. The summed E-state index contributed by atoms with van der Waals surface area (Å²) in [5.41, 5.74) is 7.05. The number of carbonyl (C=O) groups excluding carboxylic acids is 1. The minimum atomic E-state index is -0.209. The molecule has 1 aromatic carbocycles. The number of benzene rings is 1. The number of piperidine rings is 1. The Morgan fingerprint density at radius 3 is 2.35 bits per heavy atom. The van der Waals surface area contributed by atoms with Crippen LogP contribution in [0.2, 0.25) is 0 Å². The maximum atomic E-state index is 12.6. The SMILES string of the molecule is NCC1(C(=O)N2CCC(c3ccccc3)CC2)CCC1. The van der Waals surface area contributed by atoms with Crippen LogP contribution in [0.15, 0.2) is 30.3 Å². The summed E-state index contributed by atoms with van der Waals surface area (Å²) in [7, 11) is 0. The lowest BCUT2D eigenvalue weighted by Crippen LogP contribution is -2.53. The first-order chi connectivity index (χ1) is 9.75. The molecule has 1 amide bonds. The average Bonchev–Trinajstić information content (AvgIpc) is 2.48. The second kappa shape index (κ2) is 5.57. The van der Waals surface area contributed by atoms with E-state index in [1.54, 1.807) is 0 Å². The zero-order valence-corrected chi connectivity index (χ0v) is 12.1. The molecule has 1 aromatic rings. The molecule has 3 rings (SSSR count). The summed E-state index contributed by atoms with van der Waals surface area (Å²) in [4.78, 5) is 14.7. The number of likely N-dealkylation sites (tertiary alicyclic amines) is 1. The van der Waals surface area contributed by atoms with E-state index in [-0.39, 0.29) is 5.41 Å². The van der Waals surface area contributed by atoms with Crippen molar-refractivity contribution >= 4 is 5.91 Å². The monoisotopic (exact) mass is 272 g/mol. The third-order valence-corrected chi connectivity index (χ3v) is 5.21. The minimum absolute atomic E-state index is 0.209. The molecule has 1 saturated heterocycles. The highest BCUT2D eigenvalue weighted by Gasteiger charge is 2.45. The predicted molar refractivity (Wildman–Crippen MR) is 80.3 cm³/mol. The van der Waals surface area contributed by atoms with Gasteiger partial charge in [0.15, 0.2) is 0 Å². The van der Waals surface area contributed by atoms with E-state index in [1.165, 1.54) is 5.56 Å². The first-order valence-corrected chi connectivity index (χ1v) is 7.79. The van der Waals surface area contributed by atoms with Crippen LogP contribution in [0.5, 0.6) is 0 Å². The molecule has 2 aliphatic rings. The van der Waals surface area contributed by atoms with E-state index in [4.69, 9.17) is 5.73 Å². The Kier molecular flexibility index (Phi) is 3.79. The Bertz CT molecular complexity index is 454. The lowest BCUT2D eigenvalue weighted by atomic mass is 9.67. The summed E-state index contributed by atoms with van der Waals surface area (Å²) in [6, 6.07) is 10.7. The van der Waals surface area contributed by atoms with Crippen LogP contribution in [0.4, 0.5) is 0 Å². The largest absolute Gasteiger partial charge is 0.342 e. The molecule has 0 aromatic heterocycles. The summed E-state index contributed by atoms with van der Waals surface area (Å²) >= 11 is 0. The maximum Gasteiger partial charge on any atom is 0.230 e. The number of rotatable bonds is 3. The van der Waals surface area contributed by atoms with Crippen LogP contribution in [0, 0.1) is 5.41 Å². The molecule has 108 valence electrons. The number of carbonyl (C=O) groups is 1. The van der Waals surface area contributed by atoms with Crippen molar-refractivity contribution in [3.63, 3.8) is 0 Å². The summed E-state index contributed by atoms with van der Waals surface area (Å²) in [6.07, 6.45) is 5.29. The molecule has 0 radical (unpaired) electrons. The number of nitrogens with two attached hydrogens (primary N) is 1. The fourth-order valence-corrected chi connectivity index (χ4v) is 3.59. The number of nitrogens with zero attached hydrogens (tertiary/aromatic N) is 1. The van der Waals surface area contributed by atoms with Crippen molar-refractivity contribution in [2.24, 2.45) is 11.1 Å². The van der Waals surface area contributed by atoms with Gasteiger partial charge < -0.3 is 10.6 Å². The molecule has 1 aliphatic carbocycles. The van der Waals surface area contributed by atoms with E-state index in [0.29, 0.717) is 18.4 Å². The molecule has 0 spiro atoms. The van der Waals surface area contributed by atoms with Crippen LogP contribution >= 0.6 is 0 Å². The highest BCUT2D eigenvalue weighted by atomic mass is 16.2. The fourth-order valence-electron chi connectivity index (χ4n) is 3.59. The maximum absolute atomic E-state index is 12.6. The number of amides is 1. The Hall–Kier alpha value is -1.35. The summed E-state index contributed by atoms with van der Waals surface area (Å²) in [5.74, 6) is 0.924. The van der Waals surface area contributed by atoms with Crippen LogP contribution in [0.3, 0.4) is 0 Å². The average molecular weight is 272 g/mol. The Morgan fingerprint density at radius 2 is 1.85 bits per heavy atom. The molecule has 0 bridgehead atoms. The van der Waals surface area contributed by atoms with E-state index in [9.17, 15) is 4.79 Å². The number of hydrogen-bond donors (Lipinski definition) is 1. The van der Waals surface area contributed by atoms with Gasteiger partial charge in [0.2, 0.25) is 5.91 Å². The fraction of sp³-hybridized carbons (Fsp3) is 0.588. The van der Waals surface area contributed by atoms with Crippen molar-refractivity contribution in [2.75, 3.05) is 19.6 Å². The van der Waals surface area contributed by atoms with Crippen molar-refractivity contribution in [3.8, 4) is 0 Å². The zero-order chi connectivity index (χ0) is 14.0. The van der Waals surface area contributed by atoms with Gasteiger partial charge in [-0.2, -0.15) is 0 Å². The summed E-state index contributed by atoms with van der Waals surface area (Å²) in [6.45, 7) is 2.30. The van der Waals surface area contributed by atoms with Gasteiger partial charge in [0, 0.05) is 19.6 Å². The molecular weight excluding hydrogens is 248 g/mol. The molecule has 2 fully saturated rings. The summed E-state index contributed by atoms with van der Waals surface area (Å²) < 4.78 is 0. The van der Waals surface area contributed by atoms with Crippen LogP contribution in [0.1, 0.15) is 43.6 Å². The van der Waals surface area contributed by atoms with E-state index < -0.39 is 0 Å². The first-order valence-electron chi connectivity index (χ1n) is 7.79. The lowest BCUT2D eigenvalue weighted by Gasteiger charge is -2.44. The van der Waals surface area contributed by atoms with Gasteiger partial charge >= 0.3 is 0 Å². The second-order valence-corrected chi connectivity index (χ2v) is 6.32. The Morgan fingerprint density at radius 1 is 1.20 bits per heavy atom. The molecule has 3 nitrogen and oxygen atoms in total. The van der Waals surface area contributed by atoms with Gasteiger partial charge in [0.25, 0.3) is 0 Å². The summed E-state index contributed by atoms with van der Waals surface area (Å²) in [5, 5.41) is 0. The van der Waals surface area contributed by atoms with Gasteiger partial charge in [-0.15, -0.1) is 0 Å². The number of hydrogen-bond acceptors (Lipinski definition) is 2. The van der Waals surface area contributed by atoms with Gasteiger partial charge in [-0.25, -0.2) is 0 Å². The highest BCUT2D eigenvalue weighted by Crippen LogP contribution is 2.42. The van der Waals surface area contributed by atoms with Crippen LogP contribution < -0.4 is 5.73 Å². The topological polar surface area (TPSA) is 46.3 Å². The van der Waals surface area contributed by atoms with E-state index >= 15 is 0 Å². The standard InChI is InChI=1S/C17H24N2O/c18-13-17(9-4-10-17)16(20)19-11-7-15(8-12-19)14-5-2-1-3-6-14/h1-3,5-6,15H,4,7-13,18H2. The van der Waals surface area contributed by atoms with Crippen molar-refractivity contribution < 1.29 is 4.79 Å². The van der Waals surface area contributed by atoms with E-state index in [0.717, 1.165) is 45.2 Å². The van der Waals surface area contributed by atoms with Gasteiger partial charge in [0.05, 0.1) is 5.41 Å². The Balaban J connectivity index is 1.60. The molecule has 1 heterocycles. The molecular formula is C17H24N2O. The van der Waals surface area contributed by atoms with Crippen LogP contribution in [-0.4, -0.2) is 30.4 Å². The van der Waals surface area contributed by atoms with Crippen molar-refractivity contribution in [1.82, 2.24) is 4.90 Å². The normalized spacial score (nSPS) is 22.4. The van der Waals surface area contributed by atoms with Crippen molar-refractivity contribution in [3.05, 3.63) is 35.9 Å². The molecule has 1 aliphatic heterocycles. The molecule has 20 heavy (non-hydrogen) atoms. The Labute approximate surface area is 121 Å². The van der Waals surface area contributed by atoms with Gasteiger partial charge in [-0.3, -0.25) is 4.79 Å². The molecule has 0 atom stereocenters. The zero-order valence-electron chi connectivity index (χ0n) is 12.1.